The molecule has 2 aromatic carbocycles. The summed E-state index contributed by atoms with van der Waals surface area (Å²) in [6, 6.07) is 12.0. The molecular formula is C15H10FNO2S. The average Bonchev–Trinajstić information content (AvgIpc) is 2.47. The highest BCUT2D eigenvalue weighted by Crippen LogP contribution is 2.38. The number of hydrogen-bond acceptors (Lipinski definition) is 4. The third-order valence-corrected chi connectivity index (χ3v) is 3.88. The van der Waals surface area contributed by atoms with Gasteiger partial charge in [-0.15, -0.1) is 0 Å². The fourth-order valence-corrected chi connectivity index (χ4v) is 2.86. The zero-order chi connectivity index (χ0) is 13.9. The topological polar surface area (TPSA) is 42.2 Å². The molecule has 3 rings (SSSR count). The lowest BCUT2D eigenvalue weighted by atomic mass is 10.2. The van der Waals surface area contributed by atoms with Gasteiger partial charge in [0, 0.05) is 9.79 Å². The minimum Gasteiger partial charge on any atom is -0.486 e. The molecule has 0 saturated heterocycles. The Bertz CT molecular complexity index is 697. The van der Waals surface area contributed by atoms with Crippen molar-refractivity contribution in [1.82, 2.24) is 0 Å². The number of benzene rings is 2. The molecule has 3 nitrogen and oxygen atoms in total. The quantitative estimate of drug-likeness (QED) is 0.846. The largest absolute Gasteiger partial charge is 0.486 e. The van der Waals surface area contributed by atoms with E-state index >= 15 is 0 Å². The highest BCUT2D eigenvalue weighted by molar-refractivity contribution is 7.99. The predicted molar refractivity (Wildman–Crippen MR) is 72.7 cm³/mol. The van der Waals surface area contributed by atoms with Crippen molar-refractivity contribution in [1.29, 1.82) is 5.26 Å². The van der Waals surface area contributed by atoms with Crippen molar-refractivity contribution < 1.29 is 13.9 Å². The fraction of sp³-hybridized carbons (Fsp3) is 0.133. The Kier molecular flexibility index (Phi) is 3.48. The Balaban J connectivity index is 1.92. The van der Waals surface area contributed by atoms with E-state index in [1.54, 1.807) is 12.1 Å². The molecule has 100 valence electrons. The summed E-state index contributed by atoms with van der Waals surface area (Å²) >= 11 is 1.33. The molecule has 0 fully saturated rings. The Hall–Kier alpha value is -2.19. The molecular weight excluding hydrogens is 277 g/mol. The second kappa shape index (κ2) is 5.43. The zero-order valence-electron chi connectivity index (χ0n) is 10.4. The number of hydrogen-bond donors (Lipinski definition) is 0. The summed E-state index contributed by atoms with van der Waals surface area (Å²) in [4.78, 5) is 1.46. The van der Waals surface area contributed by atoms with Crippen LogP contribution in [0.15, 0.2) is 46.2 Å². The van der Waals surface area contributed by atoms with Gasteiger partial charge in [-0.05, 0) is 30.3 Å². The molecule has 1 heterocycles. The molecule has 0 aromatic heterocycles. The second-order valence-electron chi connectivity index (χ2n) is 4.13. The van der Waals surface area contributed by atoms with Crippen LogP contribution in [0, 0.1) is 17.1 Å². The van der Waals surface area contributed by atoms with Gasteiger partial charge in [0.25, 0.3) is 0 Å². The molecule has 0 radical (unpaired) electrons. The highest BCUT2D eigenvalue weighted by atomic mass is 32.2. The smallest absolute Gasteiger partial charge is 0.162 e. The first kappa shape index (κ1) is 12.8. The Morgan fingerprint density at radius 1 is 1.10 bits per heavy atom. The summed E-state index contributed by atoms with van der Waals surface area (Å²) in [6.45, 7) is 1.06. The van der Waals surface area contributed by atoms with Gasteiger partial charge in [0.1, 0.15) is 30.7 Å². The molecule has 1 aliphatic heterocycles. The summed E-state index contributed by atoms with van der Waals surface area (Å²) in [5, 5.41) is 9.02. The van der Waals surface area contributed by atoms with Crippen LogP contribution >= 0.6 is 11.8 Å². The van der Waals surface area contributed by atoms with Crippen LogP contribution in [0.5, 0.6) is 11.5 Å². The summed E-state index contributed by atoms with van der Waals surface area (Å²) in [5.74, 6) is 0.881. The number of halogens is 1. The number of rotatable bonds is 2. The molecule has 20 heavy (non-hydrogen) atoms. The van der Waals surface area contributed by atoms with Crippen LogP contribution in [-0.2, 0) is 0 Å². The lowest BCUT2D eigenvalue weighted by Crippen LogP contribution is -2.15. The number of ether oxygens (including phenoxy) is 2. The van der Waals surface area contributed by atoms with Crippen molar-refractivity contribution in [3.63, 3.8) is 0 Å². The monoisotopic (exact) mass is 287 g/mol. The van der Waals surface area contributed by atoms with Gasteiger partial charge in [0.05, 0.1) is 0 Å². The van der Waals surface area contributed by atoms with Gasteiger partial charge in [-0.25, -0.2) is 4.39 Å². The number of fused-ring (bicyclic) bond motifs is 1. The molecule has 0 spiro atoms. The molecule has 0 amide bonds. The molecule has 1 aliphatic rings. The second-order valence-corrected chi connectivity index (χ2v) is 5.25. The first-order valence-corrected chi connectivity index (χ1v) is 6.85. The summed E-state index contributed by atoms with van der Waals surface area (Å²) in [5.41, 5.74) is 0.0624. The van der Waals surface area contributed by atoms with Gasteiger partial charge in [-0.1, -0.05) is 17.8 Å². The Morgan fingerprint density at radius 2 is 1.90 bits per heavy atom. The third-order valence-electron chi connectivity index (χ3n) is 2.83. The maximum Gasteiger partial charge on any atom is 0.162 e. The standard InChI is InChI=1S/C15H10FNO2S/c16-12-2-1-3-15(11(12)9-17)20-10-4-5-13-14(8-10)19-7-6-18-13/h1-5,8H,6-7H2. The van der Waals surface area contributed by atoms with E-state index in [0.29, 0.717) is 29.6 Å². The molecule has 0 aliphatic carbocycles. The van der Waals surface area contributed by atoms with Crippen LogP contribution in [0.4, 0.5) is 4.39 Å². The van der Waals surface area contributed by atoms with Gasteiger partial charge in [-0.2, -0.15) is 5.26 Å². The van der Waals surface area contributed by atoms with Gasteiger partial charge in [0.15, 0.2) is 11.5 Å². The van der Waals surface area contributed by atoms with E-state index in [9.17, 15) is 4.39 Å². The maximum absolute atomic E-state index is 13.5. The minimum atomic E-state index is -0.505. The van der Waals surface area contributed by atoms with E-state index in [4.69, 9.17) is 14.7 Å². The summed E-state index contributed by atoms with van der Waals surface area (Å²) in [6.07, 6.45) is 0. The molecule has 0 N–H and O–H groups in total. The van der Waals surface area contributed by atoms with Gasteiger partial charge < -0.3 is 9.47 Å². The van der Waals surface area contributed by atoms with Crippen molar-refractivity contribution in [2.24, 2.45) is 0 Å². The van der Waals surface area contributed by atoms with Crippen molar-refractivity contribution in [3.8, 4) is 17.6 Å². The lowest BCUT2D eigenvalue weighted by Gasteiger charge is -2.18. The Labute approximate surface area is 119 Å². The predicted octanol–water partition coefficient (Wildman–Crippen LogP) is 3.62. The average molecular weight is 287 g/mol. The van der Waals surface area contributed by atoms with Crippen LogP contribution < -0.4 is 9.47 Å². The van der Waals surface area contributed by atoms with Crippen molar-refractivity contribution in [2.75, 3.05) is 13.2 Å². The lowest BCUT2D eigenvalue weighted by molar-refractivity contribution is 0.171. The fourth-order valence-electron chi connectivity index (χ4n) is 1.91. The number of nitrogens with zero attached hydrogens (tertiary/aromatic N) is 1. The van der Waals surface area contributed by atoms with Crippen LogP contribution in [-0.4, -0.2) is 13.2 Å². The number of nitriles is 1. The Morgan fingerprint density at radius 3 is 2.70 bits per heavy atom. The molecule has 0 bridgehead atoms. The van der Waals surface area contributed by atoms with Crippen molar-refractivity contribution >= 4 is 11.8 Å². The van der Waals surface area contributed by atoms with Gasteiger partial charge in [0.2, 0.25) is 0 Å². The third kappa shape index (κ3) is 2.43. The van der Waals surface area contributed by atoms with Gasteiger partial charge in [-0.3, -0.25) is 0 Å². The van der Waals surface area contributed by atoms with Crippen LogP contribution in [0.2, 0.25) is 0 Å². The van der Waals surface area contributed by atoms with E-state index in [-0.39, 0.29) is 5.56 Å². The first-order valence-electron chi connectivity index (χ1n) is 6.04. The first-order chi connectivity index (χ1) is 9.78. The molecule has 2 aromatic rings. The van der Waals surface area contributed by atoms with Crippen molar-refractivity contribution in [3.05, 3.63) is 47.8 Å². The van der Waals surface area contributed by atoms with Crippen LogP contribution in [0.3, 0.4) is 0 Å². The molecule has 0 unspecified atom stereocenters. The van der Waals surface area contributed by atoms with Crippen LogP contribution in [0.1, 0.15) is 5.56 Å². The van der Waals surface area contributed by atoms with E-state index in [2.05, 4.69) is 0 Å². The molecule has 0 atom stereocenters. The summed E-state index contributed by atoms with van der Waals surface area (Å²) < 4.78 is 24.5. The summed E-state index contributed by atoms with van der Waals surface area (Å²) in [7, 11) is 0. The van der Waals surface area contributed by atoms with E-state index in [1.165, 1.54) is 17.8 Å². The maximum atomic E-state index is 13.5. The van der Waals surface area contributed by atoms with E-state index in [0.717, 1.165) is 4.90 Å². The molecule has 0 saturated carbocycles. The van der Waals surface area contributed by atoms with E-state index in [1.807, 2.05) is 24.3 Å². The van der Waals surface area contributed by atoms with Crippen LogP contribution in [0.25, 0.3) is 0 Å². The molecule has 5 heteroatoms. The minimum absolute atomic E-state index is 0.0624. The zero-order valence-corrected chi connectivity index (χ0v) is 11.2. The van der Waals surface area contributed by atoms with E-state index < -0.39 is 5.82 Å². The van der Waals surface area contributed by atoms with Crippen molar-refractivity contribution in [2.45, 2.75) is 9.79 Å². The SMILES string of the molecule is N#Cc1c(F)cccc1Sc1ccc2c(c1)OCCO2. The highest BCUT2D eigenvalue weighted by Gasteiger charge is 2.14. The van der Waals surface area contributed by atoms with Gasteiger partial charge >= 0.3 is 0 Å². The normalized spacial score (nSPS) is 12.8.